The molecule has 152 valence electrons. The molecule has 1 fully saturated rings. The van der Waals surface area contributed by atoms with Crippen molar-refractivity contribution in [3.05, 3.63) is 34.6 Å². The highest BCUT2D eigenvalue weighted by atomic mass is 32.2. The Morgan fingerprint density at radius 2 is 2.11 bits per heavy atom. The van der Waals surface area contributed by atoms with Crippen LogP contribution in [0.4, 0.5) is 0 Å². The Labute approximate surface area is 169 Å². The minimum Gasteiger partial charge on any atom is -0.370 e. The maximum Gasteiger partial charge on any atom is 0.262 e. The predicted octanol–water partition coefficient (Wildman–Crippen LogP) is 0.320. The Kier molecular flexibility index (Phi) is 7.88. The first-order valence-corrected chi connectivity index (χ1v) is 11.0. The van der Waals surface area contributed by atoms with Gasteiger partial charge in [0.1, 0.15) is 13.1 Å². The summed E-state index contributed by atoms with van der Waals surface area (Å²) in [7, 11) is 0. The van der Waals surface area contributed by atoms with Gasteiger partial charge < -0.3 is 15.0 Å². The molecule has 0 spiro atoms. The van der Waals surface area contributed by atoms with Gasteiger partial charge in [0.05, 0.1) is 43.0 Å². The van der Waals surface area contributed by atoms with Gasteiger partial charge in [0, 0.05) is 6.54 Å². The standard InChI is InChI=1S/C20H28N4O3S/c1-2-3-8-21-18(25)15-28-20-22-17-7-5-4-6-16(17)19(26)24(20)10-9-23-11-13-27-14-12-23/h4-7H,2-3,8-15H2,1H3,(H,21,25)/p+1. The Bertz CT molecular complexity index is 849. The molecule has 0 unspecified atom stereocenters. The number of fused-ring (bicyclic) bond motifs is 1. The van der Waals surface area contributed by atoms with E-state index in [1.807, 2.05) is 24.3 Å². The third-order valence-corrected chi connectivity index (χ3v) is 5.88. The molecule has 0 saturated carbocycles. The molecule has 0 aliphatic carbocycles. The Balaban J connectivity index is 1.76. The van der Waals surface area contributed by atoms with Gasteiger partial charge in [-0.1, -0.05) is 37.2 Å². The van der Waals surface area contributed by atoms with E-state index in [1.165, 1.54) is 16.7 Å². The number of nitrogens with zero attached hydrogens (tertiary/aromatic N) is 2. The van der Waals surface area contributed by atoms with Gasteiger partial charge in [-0.05, 0) is 18.6 Å². The van der Waals surface area contributed by atoms with Gasteiger partial charge in [0.2, 0.25) is 5.91 Å². The topological polar surface area (TPSA) is 77.7 Å². The number of amides is 1. The molecule has 1 aliphatic heterocycles. The molecule has 7 nitrogen and oxygen atoms in total. The highest BCUT2D eigenvalue weighted by Crippen LogP contribution is 2.17. The number of hydrogen-bond acceptors (Lipinski definition) is 5. The van der Waals surface area contributed by atoms with Crippen molar-refractivity contribution >= 4 is 28.6 Å². The fraction of sp³-hybridized carbons (Fsp3) is 0.550. The van der Waals surface area contributed by atoms with E-state index < -0.39 is 0 Å². The first kappa shape index (κ1) is 20.8. The first-order chi connectivity index (χ1) is 13.7. The number of benzene rings is 1. The summed E-state index contributed by atoms with van der Waals surface area (Å²) in [5.41, 5.74) is 0.642. The maximum atomic E-state index is 13.1. The molecule has 1 saturated heterocycles. The second-order valence-electron chi connectivity index (χ2n) is 6.97. The lowest BCUT2D eigenvalue weighted by molar-refractivity contribution is -0.908. The number of rotatable bonds is 9. The molecule has 8 heteroatoms. The number of aromatic nitrogens is 2. The van der Waals surface area contributed by atoms with Crippen LogP contribution in [0.3, 0.4) is 0 Å². The lowest BCUT2D eigenvalue weighted by atomic mass is 10.2. The Hall–Kier alpha value is -1.90. The number of unbranched alkanes of at least 4 members (excludes halogenated alkanes) is 1. The summed E-state index contributed by atoms with van der Waals surface area (Å²) in [6.07, 6.45) is 2.01. The summed E-state index contributed by atoms with van der Waals surface area (Å²) in [6.45, 7) is 7.66. The fourth-order valence-corrected chi connectivity index (χ4v) is 4.08. The molecule has 1 amide bonds. The number of nitrogens with one attached hydrogen (secondary N) is 2. The molecular formula is C20H29N4O3S+. The van der Waals surface area contributed by atoms with Crippen molar-refractivity contribution in [1.82, 2.24) is 14.9 Å². The molecule has 3 rings (SSSR count). The van der Waals surface area contributed by atoms with Gasteiger partial charge in [-0.25, -0.2) is 4.98 Å². The number of hydrogen-bond donors (Lipinski definition) is 2. The Morgan fingerprint density at radius 3 is 2.89 bits per heavy atom. The van der Waals surface area contributed by atoms with Gasteiger partial charge in [-0.2, -0.15) is 0 Å². The first-order valence-electron chi connectivity index (χ1n) is 9.99. The minimum absolute atomic E-state index is 0.0220. The number of ether oxygens (including phenoxy) is 1. The third kappa shape index (κ3) is 5.56. The molecular weight excluding hydrogens is 376 g/mol. The Morgan fingerprint density at radius 1 is 1.32 bits per heavy atom. The normalized spacial score (nSPS) is 15.0. The third-order valence-electron chi connectivity index (χ3n) is 4.90. The van der Waals surface area contributed by atoms with E-state index in [-0.39, 0.29) is 17.2 Å². The van der Waals surface area contributed by atoms with Crippen molar-refractivity contribution in [1.29, 1.82) is 0 Å². The molecule has 0 atom stereocenters. The van der Waals surface area contributed by atoms with Crippen LogP contribution < -0.4 is 15.8 Å². The summed E-state index contributed by atoms with van der Waals surface area (Å²) in [5.74, 6) is 0.241. The number of thioether (sulfide) groups is 1. The molecule has 0 radical (unpaired) electrons. The van der Waals surface area contributed by atoms with Crippen molar-refractivity contribution in [2.24, 2.45) is 0 Å². The monoisotopic (exact) mass is 405 g/mol. The van der Waals surface area contributed by atoms with Crippen LogP contribution in [0, 0.1) is 0 Å². The molecule has 1 aromatic heterocycles. The van der Waals surface area contributed by atoms with E-state index in [1.54, 1.807) is 4.57 Å². The van der Waals surface area contributed by atoms with Crippen LogP contribution in [0.1, 0.15) is 19.8 Å². The summed E-state index contributed by atoms with van der Waals surface area (Å²) in [5, 5.41) is 4.15. The molecule has 28 heavy (non-hydrogen) atoms. The van der Waals surface area contributed by atoms with Gasteiger partial charge in [-0.3, -0.25) is 14.2 Å². The van der Waals surface area contributed by atoms with E-state index in [0.717, 1.165) is 45.7 Å². The highest BCUT2D eigenvalue weighted by Gasteiger charge is 2.17. The van der Waals surface area contributed by atoms with Crippen molar-refractivity contribution in [2.45, 2.75) is 31.5 Å². The zero-order valence-corrected chi connectivity index (χ0v) is 17.2. The second-order valence-corrected chi connectivity index (χ2v) is 7.92. The quantitative estimate of drug-likeness (QED) is 0.357. The lowest BCUT2D eigenvalue weighted by Gasteiger charge is -2.24. The number of morpholine rings is 1. The van der Waals surface area contributed by atoms with E-state index in [4.69, 9.17) is 4.74 Å². The number of carbonyl (C=O) groups excluding carboxylic acids is 1. The smallest absolute Gasteiger partial charge is 0.262 e. The van der Waals surface area contributed by atoms with Crippen molar-refractivity contribution in [3.8, 4) is 0 Å². The molecule has 2 aromatic rings. The molecule has 2 heterocycles. The van der Waals surface area contributed by atoms with Gasteiger partial charge >= 0.3 is 0 Å². The van der Waals surface area contributed by atoms with Crippen LogP contribution in [-0.2, 0) is 16.1 Å². The van der Waals surface area contributed by atoms with Crippen LogP contribution in [0.25, 0.3) is 10.9 Å². The van der Waals surface area contributed by atoms with Crippen LogP contribution in [0.2, 0.25) is 0 Å². The van der Waals surface area contributed by atoms with E-state index in [9.17, 15) is 9.59 Å². The molecule has 0 bridgehead atoms. The summed E-state index contributed by atoms with van der Waals surface area (Å²) >= 11 is 1.33. The SMILES string of the molecule is CCCCNC(=O)CSc1nc2ccccc2c(=O)n1CC[NH+]1CCOCC1. The van der Waals surface area contributed by atoms with E-state index in [2.05, 4.69) is 17.2 Å². The van der Waals surface area contributed by atoms with Gasteiger partial charge in [0.15, 0.2) is 5.16 Å². The fourth-order valence-electron chi connectivity index (χ4n) is 3.22. The average molecular weight is 406 g/mol. The zero-order valence-electron chi connectivity index (χ0n) is 16.4. The number of para-hydroxylation sites is 1. The van der Waals surface area contributed by atoms with Gasteiger partial charge in [0.25, 0.3) is 5.56 Å². The molecule has 2 N–H and O–H groups in total. The van der Waals surface area contributed by atoms with Crippen LogP contribution in [0.15, 0.2) is 34.2 Å². The highest BCUT2D eigenvalue weighted by molar-refractivity contribution is 7.99. The number of quaternary nitrogens is 1. The number of carbonyl (C=O) groups is 1. The lowest BCUT2D eigenvalue weighted by Crippen LogP contribution is -3.14. The summed E-state index contributed by atoms with van der Waals surface area (Å²) in [6, 6.07) is 7.40. The van der Waals surface area contributed by atoms with Crippen LogP contribution in [0.5, 0.6) is 0 Å². The molecule has 1 aromatic carbocycles. The largest absolute Gasteiger partial charge is 0.370 e. The zero-order chi connectivity index (χ0) is 19.8. The van der Waals surface area contributed by atoms with E-state index >= 15 is 0 Å². The summed E-state index contributed by atoms with van der Waals surface area (Å²) in [4.78, 5) is 31.3. The second kappa shape index (κ2) is 10.6. The predicted molar refractivity (Wildman–Crippen MR) is 111 cm³/mol. The van der Waals surface area contributed by atoms with Gasteiger partial charge in [-0.15, -0.1) is 0 Å². The molecule has 1 aliphatic rings. The van der Waals surface area contributed by atoms with Crippen molar-refractivity contribution in [2.75, 3.05) is 45.1 Å². The van der Waals surface area contributed by atoms with Crippen LogP contribution in [-0.4, -0.2) is 60.6 Å². The average Bonchev–Trinajstić information content (AvgIpc) is 2.73. The van der Waals surface area contributed by atoms with Crippen LogP contribution >= 0.6 is 11.8 Å². The van der Waals surface area contributed by atoms with E-state index in [0.29, 0.717) is 29.1 Å². The summed E-state index contributed by atoms with van der Waals surface area (Å²) < 4.78 is 7.14. The van der Waals surface area contributed by atoms with Crippen molar-refractivity contribution in [3.63, 3.8) is 0 Å². The maximum absolute atomic E-state index is 13.1. The van der Waals surface area contributed by atoms with Crippen molar-refractivity contribution < 1.29 is 14.4 Å². The minimum atomic E-state index is -0.0350.